The summed E-state index contributed by atoms with van der Waals surface area (Å²) in [7, 11) is 1.70. The van der Waals surface area contributed by atoms with Gasteiger partial charge in [0.25, 0.3) is 0 Å². The molecule has 1 aliphatic heterocycles. The van der Waals surface area contributed by atoms with Crippen molar-refractivity contribution in [1.82, 2.24) is 4.90 Å². The average Bonchev–Trinajstić information content (AvgIpc) is 2.49. The number of hydrogen-bond acceptors (Lipinski definition) is 4. The second-order valence-electron chi connectivity index (χ2n) is 5.80. The van der Waals surface area contributed by atoms with E-state index in [-0.39, 0.29) is 5.96 Å². The maximum Gasteiger partial charge on any atom is 0.211 e. The Morgan fingerprint density at radius 3 is 2.73 bits per heavy atom. The number of piperidine rings is 1. The summed E-state index contributed by atoms with van der Waals surface area (Å²) in [5, 5.41) is 7.47. The molecule has 22 heavy (non-hydrogen) atoms. The van der Waals surface area contributed by atoms with Crippen molar-refractivity contribution in [2.24, 2.45) is 27.6 Å². The van der Waals surface area contributed by atoms with Gasteiger partial charge in [-0.3, -0.25) is 4.90 Å². The fourth-order valence-corrected chi connectivity index (χ4v) is 2.63. The van der Waals surface area contributed by atoms with Crippen LogP contribution in [0.1, 0.15) is 30.9 Å². The van der Waals surface area contributed by atoms with Crippen LogP contribution in [-0.4, -0.2) is 37.3 Å². The predicted octanol–water partition coefficient (Wildman–Crippen LogP) is 1.53. The van der Waals surface area contributed by atoms with Crippen LogP contribution in [-0.2, 0) is 6.54 Å². The highest BCUT2D eigenvalue weighted by Crippen LogP contribution is 2.24. The molecule has 6 heteroatoms. The van der Waals surface area contributed by atoms with E-state index in [1.165, 1.54) is 12.8 Å². The standard InChI is InChI=1S/C16H25N5O/c1-12-5-7-21(8-6-12)11-14-9-13(3-4-15(14)22-2)10-19-20-16(17)18/h3-4,9-10,12H,5-8,11H2,1-2H3,(H4,17,18,20). The molecule has 120 valence electrons. The van der Waals surface area contributed by atoms with Crippen LogP contribution < -0.4 is 16.2 Å². The summed E-state index contributed by atoms with van der Waals surface area (Å²) in [6, 6.07) is 5.97. The number of hydrogen-bond donors (Lipinski definition) is 2. The number of ether oxygens (including phenoxy) is 1. The van der Waals surface area contributed by atoms with E-state index in [2.05, 4.69) is 28.1 Å². The Morgan fingerprint density at radius 2 is 2.09 bits per heavy atom. The van der Waals surface area contributed by atoms with Gasteiger partial charge in [-0.05, 0) is 55.6 Å². The molecule has 1 fully saturated rings. The van der Waals surface area contributed by atoms with Crippen molar-refractivity contribution >= 4 is 12.2 Å². The van der Waals surface area contributed by atoms with E-state index in [1.54, 1.807) is 13.3 Å². The van der Waals surface area contributed by atoms with Gasteiger partial charge in [0.2, 0.25) is 5.96 Å². The minimum atomic E-state index is -0.0487. The van der Waals surface area contributed by atoms with Gasteiger partial charge in [0.1, 0.15) is 5.75 Å². The molecule has 0 bridgehead atoms. The van der Waals surface area contributed by atoms with Gasteiger partial charge in [0, 0.05) is 12.1 Å². The zero-order valence-corrected chi connectivity index (χ0v) is 13.3. The highest BCUT2D eigenvalue weighted by atomic mass is 16.5. The molecule has 0 aliphatic carbocycles. The van der Waals surface area contributed by atoms with Crippen molar-refractivity contribution < 1.29 is 4.74 Å². The molecule has 2 rings (SSSR count). The van der Waals surface area contributed by atoms with Crippen LogP contribution in [0, 0.1) is 5.92 Å². The van der Waals surface area contributed by atoms with Crippen molar-refractivity contribution in [3.8, 4) is 5.75 Å². The minimum Gasteiger partial charge on any atom is -0.496 e. The molecule has 0 atom stereocenters. The van der Waals surface area contributed by atoms with Gasteiger partial charge in [-0.15, -0.1) is 5.10 Å². The lowest BCUT2D eigenvalue weighted by Crippen LogP contribution is -2.32. The van der Waals surface area contributed by atoms with E-state index in [4.69, 9.17) is 16.2 Å². The topological polar surface area (TPSA) is 89.2 Å². The predicted molar refractivity (Wildman–Crippen MR) is 90.1 cm³/mol. The molecule has 1 heterocycles. The molecule has 4 N–H and O–H groups in total. The lowest BCUT2D eigenvalue weighted by molar-refractivity contribution is 0.183. The Morgan fingerprint density at radius 1 is 1.36 bits per heavy atom. The van der Waals surface area contributed by atoms with Crippen molar-refractivity contribution in [1.29, 1.82) is 0 Å². The first-order valence-corrected chi connectivity index (χ1v) is 7.59. The monoisotopic (exact) mass is 303 g/mol. The maximum absolute atomic E-state index is 5.47. The summed E-state index contributed by atoms with van der Waals surface area (Å²) < 4.78 is 5.47. The van der Waals surface area contributed by atoms with Crippen LogP contribution in [0.4, 0.5) is 0 Å². The molecule has 1 aliphatic rings. The number of guanidine groups is 1. The quantitative estimate of drug-likeness (QED) is 0.490. The third-order valence-corrected chi connectivity index (χ3v) is 3.95. The minimum absolute atomic E-state index is 0.0487. The van der Waals surface area contributed by atoms with Gasteiger partial charge in [-0.2, -0.15) is 5.10 Å². The Kier molecular flexibility index (Phi) is 5.77. The maximum atomic E-state index is 5.47. The van der Waals surface area contributed by atoms with Crippen LogP contribution >= 0.6 is 0 Å². The summed E-state index contributed by atoms with van der Waals surface area (Å²) in [6.45, 7) is 5.48. The van der Waals surface area contributed by atoms with E-state index in [1.807, 2.05) is 12.1 Å². The first-order valence-electron chi connectivity index (χ1n) is 7.59. The number of benzene rings is 1. The SMILES string of the molecule is COc1ccc(C=NN=C(N)N)cc1CN1CCC(C)CC1. The van der Waals surface area contributed by atoms with Crippen LogP contribution in [0.15, 0.2) is 28.4 Å². The number of methoxy groups -OCH3 is 1. The fourth-order valence-electron chi connectivity index (χ4n) is 2.63. The molecular weight excluding hydrogens is 278 g/mol. The second kappa shape index (κ2) is 7.79. The molecule has 1 aromatic rings. The van der Waals surface area contributed by atoms with Crippen molar-refractivity contribution in [2.75, 3.05) is 20.2 Å². The summed E-state index contributed by atoms with van der Waals surface area (Å²) in [5.74, 6) is 1.68. The molecule has 0 radical (unpaired) electrons. The smallest absolute Gasteiger partial charge is 0.211 e. The number of nitrogens with zero attached hydrogens (tertiary/aromatic N) is 3. The zero-order chi connectivity index (χ0) is 15.9. The van der Waals surface area contributed by atoms with Gasteiger partial charge < -0.3 is 16.2 Å². The molecule has 1 saturated heterocycles. The van der Waals surface area contributed by atoms with E-state index in [0.29, 0.717) is 0 Å². The Balaban J connectivity index is 2.10. The van der Waals surface area contributed by atoms with Crippen LogP contribution in [0.5, 0.6) is 5.75 Å². The Hall–Kier alpha value is -2.08. The zero-order valence-electron chi connectivity index (χ0n) is 13.3. The van der Waals surface area contributed by atoms with Gasteiger partial charge >= 0.3 is 0 Å². The van der Waals surface area contributed by atoms with E-state index >= 15 is 0 Å². The largest absolute Gasteiger partial charge is 0.496 e. The summed E-state index contributed by atoms with van der Waals surface area (Å²) in [5.41, 5.74) is 12.6. The third kappa shape index (κ3) is 4.73. The van der Waals surface area contributed by atoms with Crippen LogP contribution in [0.3, 0.4) is 0 Å². The molecule has 0 unspecified atom stereocenters. The molecule has 0 amide bonds. The van der Waals surface area contributed by atoms with Gasteiger partial charge in [0.15, 0.2) is 0 Å². The average molecular weight is 303 g/mol. The molecule has 0 spiro atoms. The fraction of sp³-hybridized carbons (Fsp3) is 0.500. The molecule has 6 nitrogen and oxygen atoms in total. The third-order valence-electron chi connectivity index (χ3n) is 3.95. The first kappa shape index (κ1) is 16.3. The summed E-state index contributed by atoms with van der Waals surface area (Å²) >= 11 is 0. The number of nitrogens with two attached hydrogens (primary N) is 2. The van der Waals surface area contributed by atoms with E-state index < -0.39 is 0 Å². The van der Waals surface area contributed by atoms with E-state index in [9.17, 15) is 0 Å². The Labute approximate surface area is 131 Å². The highest BCUT2D eigenvalue weighted by molar-refractivity contribution is 5.82. The Bertz CT molecular complexity index is 543. The highest BCUT2D eigenvalue weighted by Gasteiger charge is 2.17. The molecule has 0 saturated carbocycles. The van der Waals surface area contributed by atoms with Gasteiger partial charge in [-0.25, -0.2) is 0 Å². The lowest BCUT2D eigenvalue weighted by atomic mass is 9.98. The molecular formula is C16H25N5O. The van der Waals surface area contributed by atoms with Crippen molar-refractivity contribution in [2.45, 2.75) is 26.3 Å². The number of likely N-dealkylation sites (tertiary alicyclic amines) is 1. The normalized spacial score (nSPS) is 16.8. The van der Waals surface area contributed by atoms with Crippen LogP contribution in [0.2, 0.25) is 0 Å². The van der Waals surface area contributed by atoms with Crippen LogP contribution in [0.25, 0.3) is 0 Å². The van der Waals surface area contributed by atoms with Gasteiger partial charge in [0.05, 0.1) is 13.3 Å². The van der Waals surface area contributed by atoms with Crippen molar-refractivity contribution in [3.05, 3.63) is 29.3 Å². The summed E-state index contributed by atoms with van der Waals surface area (Å²) in [6.07, 6.45) is 4.16. The van der Waals surface area contributed by atoms with Crippen molar-refractivity contribution in [3.63, 3.8) is 0 Å². The number of rotatable bonds is 5. The first-order chi connectivity index (χ1) is 10.6. The summed E-state index contributed by atoms with van der Waals surface area (Å²) in [4.78, 5) is 2.47. The van der Waals surface area contributed by atoms with E-state index in [0.717, 1.165) is 42.4 Å². The second-order valence-corrected chi connectivity index (χ2v) is 5.80. The molecule has 0 aromatic heterocycles. The lowest BCUT2D eigenvalue weighted by Gasteiger charge is -2.30. The molecule has 1 aromatic carbocycles. The van der Waals surface area contributed by atoms with Gasteiger partial charge in [-0.1, -0.05) is 6.92 Å².